The minimum absolute atomic E-state index is 2.75. The Bertz CT molecular complexity index is 2290. The highest BCUT2D eigenvalue weighted by Crippen LogP contribution is 1.95. The summed E-state index contributed by atoms with van der Waals surface area (Å²) in [7, 11) is 0. The van der Waals surface area contributed by atoms with Gasteiger partial charge in [0.15, 0.2) is 0 Å². The molecule has 72 nitrogen and oxygen atoms in total. The van der Waals surface area contributed by atoms with Gasteiger partial charge in [0.2, 0.25) is 0 Å². The number of hydrogen-bond donors (Lipinski definition) is 2. The molecule has 0 fully saturated rings. The summed E-state index contributed by atoms with van der Waals surface area (Å²) in [4.78, 5) is 0. The quantitative estimate of drug-likeness (QED) is 0.0361. The maximum absolute atomic E-state index is 4.63. The lowest BCUT2D eigenvalue weighted by atomic mass is 12.3. The van der Waals surface area contributed by atoms with Gasteiger partial charge in [-0.25, -0.2) is 0 Å². The summed E-state index contributed by atoms with van der Waals surface area (Å²) in [6.07, 6.45) is 0. The Hall–Kier alpha value is -14.4. The average molecular weight is 1010 g/mol. The molecule has 4 N–H and O–H groups in total. The van der Waals surface area contributed by atoms with E-state index in [9.17, 15) is 0 Å². The minimum atomic E-state index is 2.75. The van der Waals surface area contributed by atoms with Crippen LogP contribution in [0.1, 0.15) is 0 Å². The van der Waals surface area contributed by atoms with Gasteiger partial charge in [-0.2, -0.15) is 0 Å². The summed E-state index contributed by atoms with van der Waals surface area (Å²) < 4.78 is 0. The lowest BCUT2D eigenvalue weighted by Crippen LogP contribution is -1.70. The van der Waals surface area contributed by atoms with E-state index in [2.05, 4.69) is 377 Å². The predicted octanol–water partition coefficient (Wildman–Crippen LogP) is 11.7. The van der Waals surface area contributed by atoms with Gasteiger partial charge in [0.25, 0.3) is 0 Å². The van der Waals surface area contributed by atoms with Gasteiger partial charge in [0, 0.05) is 282 Å². The summed E-state index contributed by atoms with van der Waals surface area (Å²) in [6, 6.07) is 0. The Kier molecular flexibility index (Phi) is 45.3. The monoisotopic (exact) mass is 1010 g/mol. The molecule has 0 atom stereocenters. The Balaban J connectivity index is 4.09. The first-order valence-electron chi connectivity index (χ1n) is 14.3. The molecular formula is H4N72. The first-order chi connectivity index (χ1) is 35.9. The maximum atomic E-state index is 4.63. The van der Waals surface area contributed by atoms with Crippen LogP contribution in [0.5, 0.6) is 0 Å². The third-order valence-corrected chi connectivity index (χ3v) is 2.78. The Morgan fingerprint density at radius 1 is 0.0694 bits per heavy atom. The van der Waals surface area contributed by atoms with Crippen molar-refractivity contribution < 1.29 is 0 Å². The average Bonchev–Trinajstić information content (AvgIpc) is 3.39. The molecule has 0 spiro atoms. The second-order valence-corrected chi connectivity index (χ2v) is 6.31. The topological polar surface area (TPSA) is 917 Å². The van der Waals surface area contributed by atoms with Crippen molar-refractivity contribution in [1.29, 1.82) is 0 Å². The zero-order valence-corrected chi connectivity index (χ0v) is 32.5. The third kappa shape index (κ3) is 55.6. The van der Waals surface area contributed by atoms with E-state index in [1.807, 2.05) is 0 Å². The molecule has 0 aromatic rings. The van der Waals surface area contributed by atoms with E-state index in [0.29, 0.717) is 0 Å². The van der Waals surface area contributed by atoms with Crippen LogP contribution in [0.15, 0.2) is 366 Å². The third-order valence-electron chi connectivity index (χ3n) is 2.78. The fourth-order valence-corrected chi connectivity index (χ4v) is 1.23. The molecule has 0 aliphatic rings. The van der Waals surface area contributed by atoms with Crippen molar-refractivity contribution in [2.75, 3.05) is 0 Å². The van der Waals surface area contributed by atoms with E-state index < -0.39 is 0 Å². The first-order valence-corrected chi connectivity index (χ1v) is 14.3. The number of rotatable bonds is 34. The van der Waals surface area contributed by atoms with E-state index >= 15 is 0 Å². The minimum Gasteiger partial charge on any atom is -0.303 e. The van der Waals surface area contributed by atoms with Crippen molar-refractivity contribution in [2.45, 2.75) is 0 Å². The maximum Gasteiger partial charge on any atom is 0 e. The van der Waals surface area contributed by atoms with Crippen molar-refractivity contribution in [2.24, 2.45) is 377 Å². The van der Waals surface area contributed by atoms with E-state index in [-0.39, 0.29) is 0 Å². The predicted molar refractivity (Wildman–Crippen MR) is 178 cm³/mol. The Morgan fingerprint density at radius 2 is 0.111 bits per heavy atom. The van der Waals surface area contributed by atoms with Crippen LogP contribution in [0, 0.1) is 0 Å². The van der Waals surface area contributed by atoms with E-state index in [1.54, 1.807) is 0 Å². The lowest BCUT2D eigenvalue weighted by molar-refractivity contribution is 0.723. The lowest BCUT2D eigenvalue weighted by Gasteiger charge is -1.70. The van der Waals surface area contributed by atoms with Crippen LogP contribution in [-0.2, 0) is 0 Å². The van der Waals surface area contributed by atoms with Crippen LogP contribution in [0.3, 0.4) is 0 Å². The summed E-state index contributed by atoms with van der Waals surface area (Å²) >= 11 is 0. The van der Waals surface area contributed by atoms with Crippen molar-refractivity contribution in [3.8, 4) is 0 Å². The van der Waals surface area contributed by atoms with Gasteiger partial charge in [-0.05, 0) is 73.1 Å². The molecule has 364 valence electrons. The highest BCUT2D eigenvalue weighted by Gasteiger charge is 1.77. The van der Waals surface area contributed by atoms with Crippen molar-refractivity contribution in [1.82, 2.24) is 0 Å². The van der Waals surface area contributed by atoms with Gasteiger partial charge >= 0.3 is 0 Å². The Labute approximate surface area is 378 Å². The van der Waals surface area contributed by atoms with Crippen LogP contribution in [-0.4, -0.2) is 0 Å². The van der Waals surface area contributed by atoms with Crippen LogP contribution >= 0.6 is 0 Å². The Morgan fingerprint density at radius 3 is 0.153 bits per heavy atom. The molecule has 0 rings (SSSR count). The SMILES string of the molecule is N/N=N/N=N/N=N/N=N/N=N/N=N/N=N/N=N/N=N/N=N/N=N/N=N/N=N/N=N/N=N/N=N/N=N/N=N/N=N/N=N/N=N/N=N/N=N/N=N/N=N/N=N/N=N/N=N/N=N/N=N/N=N/N=N/N=N/N=N/N=N/N. The zero-order chi connectivity index (χ0) is 51.5. The molecule has 0 aliphatic heterocycles. The number of nitrogens with zero attached hydrogens (tertiary/aromatic N) is 70. The molecule has 72 heavy (non-hydrogen) atoms. The first kappa shape index (κ1) is 57.6. The molecule has 0 unspecified atom stereocenters. The fourth-order valence-electron chi connectivity index (χ4n) is 1.23. The van der Waals surface area contributed by atoms with Crippen LogP contribution in [0.25, 0.3) is 0 Å². The van der Waals surface area contributed by atoms with Crippen LogP contribution in [0.4, 0.5) is 0 Å². The van der Waals surface area contributed by atoms with Gasteiger partial charge in [-0.3, -0.25) is 0 Å². The smallest absolute Gasteiger partial charge is 0 e. The molecule has 0 bridgehead atoms. The number of nitrogens with two attached hydrogens (primary N) is 2. The van der Waals surface area contributed by atoms with Crippen molar-refractivity contribution in [3.63, 3.8) is 0 Å². The summed E-state index contributed by atoms with van der Waals surface area (Å²) in [5.41, 5.74) is 0. The zero-order valence-electron chi connectivity index (χ0n) is 32.5. The molecule has 0 aromatic heterocycles. The molecule has 0 aromatic carbocycles. The van der Waals surface area contributed by atoms with Gasteiger partial charge in [-0.15, -0.1) is 0 Å². The second-order valence-electron chi connectivity index (χ2n) is 6.31. The van der Waals surface area contributed by atoms with Gasteiger partial charge < -0.3 is 11.7 Å². The molecule has 72 heteroatoms. The molecule has 0 saturated carbocycles. The molecular weight excluding hydrogens is 1010 g/mol. The van der Waals surface area contributed by atoms with E-state index in [4.69, 9.17) is 0 Å². The molecule has 0 aliphatic carbocycles. The fraction of sp³-hybridized carbons (Fsp3) is 0. The molecule has 0 saturated heterocycles. The summed E-state index contributed by atoms with van der Waals surface area (Å²) in [5.74, 6) is 9.26. The molecule has 0 amide bonds. The largest absolute Gasteiger partial charge is 0.303 e. The highest BCUT2D eigenvalue weighted by atomic mass is 15.8. The van der Waals surface area contributed by atoms with E-state index in [1.165, 1.54) is 0 Å². The summed E-state index contributed by atoms with van der Waals surface area (Å²) in [5, 5.41) is 209. The second kappa shape index (κ2) is 56.6. The normalized spacial score (nSPS) is 15.6. The highest BCUT2D eigenvalue weighted by molar-refractivity contribution is 4.20. The molecule has 0 heterocycles. The standard InChI is InChI=1S/H4N72/c1-3-5-7-9-11-13-15-17-19-21-23-25-27-29-31-33-35-37-39-41-43-45-47-49-51-53-55-57-59-61-63-65-67-69-71-72-70-68-66-64-62-60-58-56-54-52-50-48-46-44-42-40-38-36-34-32-30-28-26-24-22-20-18-16-14-12-10-8-6-4-2/h(H2,1,4,5,8,9,12,13,16,17,20,21,24,25,28,29,32,33,36,37,40,41,44,45,48,49,52,53,56,57,60,61,64,65,68,69,72)(H2,2,3,6,7,10,11,14,15,18,19,22,23,26,27,30,31,34,35,38,39,42,43,46,47,50,51,54,55,58,59,62,63,66,67,70,71). The van der Waals surface area contributed by atoms with Gasteiger partial charge in [0.05, 0.1) is 0 Å². The van der Waals surface area contributed by atoms with Gasteiger partial charge in [-0.1, -0.05) is 10.4 Å². The molecule has 0 radical (unpaired) electrons. The van der Waals surface area contributed by atoms with E-state index in [0.717, 1.165) is 0 Å². The number of hydrogen-bond acceptors (Lipinski definition) is 2. The van der Waals surface area contributed by atoms with Crippen LogP contribution in [0.2, 0.25) is 0 Å². The summed E-state index contributed by atoms with van der Waals surface area (Å²) in [6.45, 7) is 0. The van der Waals surface area contributed by atoms with Crippen molar-refractivity contribution in [3.05, 3.63) is 0 Å². The van der Waals surface area contributed by atoms with Gasteiger partial charge in [0.1, 0.15) is 0 Å². The van der Waals surface area contributed by atoms with Crippen molar-refractivity contribution >= 4 is 0 Å². The van der Waals surface area contributed by atoms with Crippen LogP contribution < -0.4 is 11.7 Å².